The van der Waals surface area contributed by atoms with E-state index in [1.54, 1.807) is 19.2 Å². The molecule has 2 rings (SSSR count). The first-order chi connectivity index (χ1) is 8.44. The Labute approximate surface area is 108 Å². The van der Waals surface area contributed by atoms with Gasteiger partial charge in [-0.2, -0.15) is 5.26 Å². The molecule has 1 aromatic carbocycles. The highest BCUT2D eigenvalue weighted by molar-refractivity contribution is 7.13. The highest BCUT2D eigenvalue weighted by Crippen LogP contribution is 2.31. The van der Waals surface area contributed by atoms with Gasteiger partial charge in [-0.15, -0.1) is 11.3 Å². The predicted octanol–water partition coefficient (Wildman–Crippen LogP) is 3.89. The number of hydrogen-bond acceptors (Lipinski definition) is 3. The summed E-state index contributed by atoms with van der Waals surface area (Å²) in [6.07, 6.45) is 0. The number of thiazole rings is 1. The molecular formula is C13H10F2N2S. The molecule has 0 N–H and O–H groups in total. The van der Waals surface area contributed by atoms with Crippen molar-refractivity contribution in [2.75, 3.05) is 0 Å². The lowest BCUT2D eigenvalue weighted by molar-refractivity contribution is 0.585. The van der Waals surface area contributed by atoms with Crippen molar-refractivity contribution >= 4 is 11.3 Å². The number of aromatic nitrogens is 1. The molecule has 1 aromatic heterocycles. The van der Waals surface area contributed by atoms with Gasteiger partial charge in [0.2, 0.25) is 0 Å². The van der Waals surface area contributed by atoms with E-state index in [9.17, 15) is 8.78 Å². The maximum absolute atomic E-state index is 13.6. The molecule has 0 spiro atoms. The van der Waals surface area contributed by atoms with Crippen LogP contribution in [0.25, 0.3) is 10.6 Å². The molecule has 18 heavy (non-hydrogen) atoms. The second-order valence-electron chi connectivity index (χ2n) is 4.40. The van der Waals surface area contributed by atoms with Crippen molar-refractivity contribution in [3.8, 4) is 16.6 Å². The standard InChI is InChI=1S/C13H10F2N2S/c1-13(2,7-16)11-6-18-12(17-11)9-4-3-8(14)5-10(9)15/h3-6H,1-2H3. The molecule has 2 aromatic rings. The number of halogens is 2. The second kappa shape index (κ2) is 4.46. The van der Waals surface area contributed by atoms with Gasteiger partial charge in [-0.3, -0.25) is 0 Å². The Morgan fingerprint density at radius 2 is 2.06 bits per heavy atom. The Bertz CT molecular complexity index is 626. The van der Waals surface area contributed by atoms with Crippen LogP contribution in [-0.2, 0) is 5.41 Å². The van der Waals surface area contributed by atoms with Gasteiger partial charge < -0.3 is 0 Å². The summed E-state index contributed by atoms with van der Waals surface area (Å²) in [5.74, 6) is -1.27. The van der Waals surface area contributed by atoms with Crippen molar-refractivity contribution in [2.45, 2.75) is 19.3 Å². The van der Waals surface area contributed by atoms with Crippen LogP contribution < -0.4 is 0 Å². The Kier molecular flexibility index (Phi) is 3.14. The zero-order chi connectivity index (χ0) is 13.3. The minimum Gasteiger partial charge on any atom is -0.239 e. The normalized spacial score (nSPS) is 11.3. The van der Waals surface area contributed by atoms with Crippen LogP contribution in [0.3, 0.4) is 0 Å². The molecule has 0 radical (unpaired) electrons. The number of nitriles is 1. The van der Waals surface area contributed by atoms with Gasteiger partial charge in [0.15, 0.2) is 0 Å². The average molecular weight is 264 g/mol. The first-order valence-corrected chi connectivity index (χ1v) is 6.14. The summed E-state index contributed by atoms with van der Waals surface area (Å²) in [4.78, 5) is 4.25. The molecule has 0 saturated carbocycles. The summed E-state index contributed by atoms with van der Waals surface area (Å²) >= 11 is 1.24. The third-order valence-electron chi connectivity index (χ3n) is 2.59. The van der Waals surface area contributed by atoms with Gasteiger partial charge in [0.1, 0.15) is 16.6 Å². The summed E-state index contributed by atoms with van der Waals surface area (Å²) < 4.78 is 26.4. The van der Waals surface area contributed by atoms with Crippen molar-refractivity contribution in [3.05, 3.63) is 40.9 Å². The minimum atomic E-state index is -0.717. The maximum atomic E-state index is 13.6. The van der Waals surface area contributed by atoms with Gasteiger partial charge in [-0.1, -0.05) is 0 Å². The zero-order valence-corrected chi connectivity index (χ0v) is 10.7. The highest BCUT2D eigenvalue weighted by Gasteiger charge is 2.24. The lowest BCUT2D eigenvalue weighted by Crippen LogP contribution is -2.14. The zero-order valence-electron chi connectivity index (χ0n) is 9.87. The maximum Gasteiger partial charge on any atom is 0.136 e. The van der Waals surface area contributed by atoms with Crippen molar-refractivity contribution < 1.29 is 8.78 Å². The molecular weight excluding hydrogens is 254 g/mol. The molecule has 0 aliphatic heterocycles. The fourth-order valence-corrected chi connectivity index (χ4v) is 2.42. The van der Waals surface area contributed by atoms with E-state index in [4.69, 9.17) is 5.26 Å². The second-order valence-corrected chi connectivity index (χ2v) is 5.26. The average Bonchev–Trinajstić information content (AvgIpc) is 2.79. The van der Waals surface area contributed by atoms with Crippen LogP contribution in [0.2, 0.25) is 0 Å². The van der Waals surface area contributed by atoms with Crippen molar-refractivity contribution in [2.24, 2.45) is 0 Å². The fourth-order valence-electron chi connectivity index (χ4n) is 1.40. The van der Waals surface area contributed by atoms with Crippen molar-refractivity contribution in [1.82, 2.24) is 4.98 Å². The van der Waals surface area contributed by atoms with E-state index in [1.807, 2.05) is 0 Å². The highest BCUT2D eigenvalue weighted by atomic mass is 32.1. The smallest absolute Gasteiger partial charge is 0.136 e. The number of nitrogens with zero attached hydrogens (tertiary/aromatic N) is 2. The van der Waals surface area contributed by atoms with Crippen molar-refractivity contribution in [3.63, 3.8) is 0 Å². The minimum absolute atomic E-state index is 0.251. The van der Waals surface area contributed by atoms with Crippen LogP contribution in [0.4, 0.5) is 8.78 Å². The van der Waals surface area contributed by atoms with Gasteiger partial charge in [0.05, 0.1) is 17.2 Å². The van der Waals surface area contributed by atoms with Gasteiger partial charge in [-0.05, 0) is 26.0 Å². The Hall–Kier alpha value is -1.80. The summed E-state index contributed by atoms with van der Waals surface area (Å²) in [7, 11) is 0. The molecule has 5 heteroatoms. The third-order valence-corrected chi connectivity index (χ3v) is 3.46. The first kappa shape index (κ1) is 12.7. The lowest BCUT2D eigenvalue weighted by Gasteiger charge is -2.10. The quantitative estimate of drug-likeness (QED) is 0.825. The summed E-state index contributed by atoms with van der Waals surface area (Å²) in [6.45, 7) is 3.49. The van der Waals surface area contributed by atoms with Gasteiger partial charge in [0.25, 0.3) is 0 Å². The summed E-state index contributed by atoms with van der Waals surface area (Å²) in [5.41, 5.74) is 0.126. The molecule has 0 aliphatic rings. The van der Waals surface area contributed by atoms with E-state index in [-0.39, 0.29) is 5.56 Å². The lowest BCUT2D eigenvalue weighted by atomic mass is 9.92. The molecule has 0 atom stereocenters. The van der Waals surface area contributed by atoms with Crippen LogP contribution in [0, 0.1) is 23.0 Å². The van der Waals surface area contributed by atoms with Crippen LogP contribution in [0.1, 0.15) is 19.5 Å². The molecule has 0 aliphatic carbocycles. The van der Waals surface area contributed by atoms with E-state index < -0.39 is 17.0 Å². The Morgan fingerprint density at radius 1 is 1.33 bits per heavy atom. The molecule has 0 unspecified atom stereocenters. The number of rotatable bonds is 2. The van der Waals surface area contributed by atoms with Gasteiger partial charge in [-0.25, -0.2) is 13.8 Å². The molecule has 0 saturated heterocycles. The van der Waals surface area contributed by atoms with E-state index in [2.05, 4.69) is 11.1 Å². The Morgan fingerprint density at radius 3 is 2.67 bits per heavy atom. The fraction of sp³-hybridized carbons (Fsp3) is 0.231. The molecule has 1 heterocycles. The Balaban J connectivity index is 2.45. The number of benzene rings is 1. The molecule has 92 valence electrons. The molecule has 0 fully saturated rings. The van der Waals surface area contributed by atoms with E-state index >= 15 is 0 Å². The van der Waals surface area contributed by atoms with Gasteiger partial charge in [0, 0.05) is 17.0 Å². The van der Waals surface area contributed by atoms with Crippen LogP contribution >= 0.6 is 11.3 Å². The summed E-state index contributed by atoms with van der Waals surface area (Å²) in [5, 5.41) is 11.2. The summed E-state index contributed by atoms with van der Waals surface area (Å²) in [6, 6.07) is 5.51. The third kappa shape index (κ3) is 2.24. The topological polar surface area (TPSA) is 36.7 Å². The molecule has 2 nitrogen and oxygen atoms in total. The van der Waals surface area contributed by atoms with Gasteiger partial charge >= 0.3 is 0 Å². The van der Waals surface area contributed by atoms with E-state index in [0.717, 1.165) is 6.07 Å². The van der Waals surface area contributed by atoms with E-state index in [1.165, 1.54) is 23.5 Å². The van der Waals surface area contributed by atoms with Crippen LogP contribution in [-0.4, -0.2) is 4.98 Å². The SMILES string of the molecule is CC(C)(C#N)c1csc(-c2ccc(F)cc2F)n1. The monoisotopic (exact) mass is 264 g/mol. The number of hydrogen-bond donors (Lipinski definition) is 0. The molecule has 0 amide bonds. The molecule has 0 bridgehead atoms. The predicted molar refractivity (Wildman–Crippen MR) is 66.1 cm³/mol. The van der Waals surface area contributed by atoms with Crippen LogP contribution in [0.5, 0.6) is 0 Å². The first-order valence-electron chi connectivity index (χ1n) is 5.27. The largest absolute Gasteiger partial charge is 0.239 e. The van der Waals surface area contributed by atoms with E-state index in [0.29, 0.717) is 10.7 Å². The van der Waals surface area contributed by atoms with Crippen LogP contribution in [0.15, 0.2) is 23.6 Å². The van der Waals surface area contributed by atoms with Crippen molar-refractivity contribution in [1.29, 1.82) is 5.26 Å².